The fourth-order valence-corrected chi connectivity index (χ4v) is 2.08. The number of hydrogen-bond donors (Lipinski definition) is 2. The molecule has 0 bridgehead atoms. The number of benzene rings is 1. The molecule has 0 spiro atoms. The highest BCUT2D eigenvalue weighted by Crippen LogP contribution is 2.46. The largest absolute Gasteiger partial charge is 0.493 e. The molecule has 0 saturated carbocycles. The molecule has 1 aromatic rings. The summed E-state index contributed by atoms with van der Waals surface area (Å²) in [6.45, 7) is 2.05. The zero-order chi connectivity index (χ0) is 19.0. The molecule has 0 fully saturated rings. The second-order valence-corrected chi connectivity index (χ2v) is 4.83. The van der Waals surface area contributed by atoms with Crippen molar-refractivity contribution in [3.63, 3.8) is 0 Å². The van der Waals surface area contributed by atoms with E-state index in [9.17, 15) is 19.7 Å². The van der Waals surface area contributed by atoms with E-state index < -0.39 is 22.4 Å². The summed E-state index contributed by atoms with van der Waals surface area (Å²) in [4.78, 5) is 34.6. The smallest absolute Gasteiger partial charge is 0.327 e. The zero-order valence-electron chi connectivity index (χ0n) is 14.5. The van der Waals surface area contributed by atoms with Crippen LogP contribution in [0.2, 0.25) is 0 Å². The summed E-state index contributed by atoms with van der Waals surface area (Å²) in [5.41, 5.74) is -0.880. The van der Waals surface area contributed by atoms with Crippen molar-refractivity contribution in [2.24, 2.45) is 0 Å². The molecule has 1 rings (SSSR count). The van der Waals surface area contributed by atoms with Crippen LogP contribution in [0, 0.1) is 10.1 Å². The number of nitro benzene ring substituents is 1. The van der Waals surface area contributed by atoms with Gasteiger partial charge < -0.3 is 24.8 Å². The van der Waals surface area contributed by atoms with Crippen molar-refractivity contribution in [1.82, 2.24) is 10.6 Å². The Labute approximate surface area is 144 Å². The van der Waals surface area contributed by atoms with Gasteiger partial charge in [0.15, 0.2) is 5.75 Å². The summed E-state index contributed by atoms with van der Waals surface area (Å²) >= 11 is 0. The molecule has 2 N–H and O–H groups in total. The van der Waals surface area contributed by atoms with E-state index in [2.05, 4.69) is 10.6 Å². The van der Waals surface area contributed by atoms with E-state index in [1.807, 2.05) is 6.92 Å². The van der Waals surface area contributed by atoms with E-state index in [0.717, 1.165) is 6.42 Å². The maximum atomic E-state index is 12.3. The average molecular weight is 355 g/mol. The van der Waals surface area contributed by atoms with Gasteiger partial charge >= 0.3 is 5.69 Å². The molecule has 1 aromatic carbocycles. The van der Waals surface area contributed by atoms with Crippen molar-refractivity contribution in [1.29, 1.82) is 0 Å². The Kier molecular flexibility index (Phi) is 7.44. The molecular formula is C15H21N3O7. The van der Waals surface area contributed by atoms with Crippen molar-refractivity contribution in [3.05, 3.63) is 21.7 Å². The van der Waals surface area contributed by atoms with Crippen LogP contribution in [-0.4, -0.2) is 51.2 Å². The Morgan fingerprint density at radius 1 is 1.12 bits per heavy atom. The Bertz CT molecular complexity index is 661. The van der Waals surface area contributed by atoms with Gasteiger partial charge in [0, 0.05) is 12.6 Å². The summed E-state index contributed by atoms with van der Waals surface area (Å²) in [6, 6.07) is 1.17. The number of nitrogens with one attached hydrogen (secondary N) is 2. The van der Waals surface area contributed by atoms with Gasteiger partial charge in [0.05, 0.1) is 32.8 Å². The van der Waals surface area contributed by atoms with Gasteiger partial charge in [-0.25, -0.2) is 0 Å². The second kappa shape index (κ2) is 9.30. The predicted molar refractivity (Wildman–Crippen MR) is 88.4 cm³/mol. The SMILES string of the molecule is CCCNC(=O)CNC(=O)c1cc(OC)c(OC)c(OC)c1[N+](=O)[O-]. The molecule has 2 amide bonds. The zero-order valence-corrected chi connectivity index (χ0v) is 14.5. The molecule has 138 valence electrons. The third kappa shape index (κ3) is 4.72. The summed E-state index contributed by atoms with van der Waals surface area (Å²) in [6.07, 6.45) is 0.748. The fourth-order valence-electron chi connectivity index (χ4n) is 2.08. The van der Waals surface area contributed by atoms with Crippen LogP contribution >= 0.6 is 0 Å². The van der Waals surface area contributed by atoms with E-state index >= 15 is 0 Å². The van der Waals surface area contributed by atoms with Crippen molar-refractivity contribution >= 4 is 17.5 Å². The number of carbonyl (C=O) groups excluding carboxylic acids is 2. The molecule has 0 unspecified atom stereocenters. The lowest BCUT2D eigenvalue weighted by atomic mass is 10.1. The average Bonchev–Trinajstić information content (AvgIpc) is 2.61. The third-order valence-electron chi connectivity index (χ3n) is 3.21. The number of amides is 2. The number of nitrogens with zero attached hydrogens (tertiary/aromatic N) is 1. The molecule has 0 radical (unpaired) electrons. The summed E-state index contributed by atoms with van der Waals surface area (Å²) in [7, 11) is 3.83. The van der Waals surface area contributed by atoms with Crippen molar-refractivity contribution < 1.29 is 28.7 Å². The quantitative estimate of drug-likeness (QED) is 0.497. The van der Waals surface area contributed by atoms with E-state index in [0.29, 0.717) is 6.54 Å². The van der Waals surface area contributed by atoms with Crippen LogP contribution in [0.4, 0.5) is 5.69 Å². The highest BCUT2D eigenvalue weighted by atomic mass is 16.6. The van der Waals surface area contributed by atoms with Crippen LogP contribution in [-0.2, 0) is 4.79 Å². The molecule has 0 aromatic heterocycles. The predicted octanol–water partition coefficient (Wildman–Crippen LogP) is 0.877. The first-order valence-corrected chi connectivity index (χ1v) is 7.43. The standard InChI is InChI=1S/C15H21N3O7/c1-5-6-16-11(19)8-17-15(20)9-7-10(23-2)13(24-3)14(25-4)12(9)18(21)22/h7H,5-6,8H2,1-4H3,(H,16,19)(H,17,20). The lowest BCUT2D eigenvalue weighted by Gasteiger charge is -2.14. The minimum atomic E-state index is -0.808. The number of hydrogen-bond acceptors (Lipinski definition) is 7. The Balaban J connectivity index is 3.22. The normalized spacial score (nSPS) is 9.92. The van der Waals surface area contributed by atoms with Crippen molar-refractivity contribution in [2.75, 3.05) is 34.4 Å². The maximum absolute atomic E-state index is 12.3. The van der Waals surface area contributed by atoms with Gasteiger partial charge in [-0.05, 0) is 6.42 Å². The van der Waals surface area contributed by atoms with Crippen molar-refractivity contribution in [3.8, 4) is 17.2 Å². The number of nitro groups is 1. The minimum Gasteiger partial charge on any atom is -0.493 e. The molecule has 0 atom stereocenters. The highest BCUT2D eigenvalue weighted by Gasteiger charge is 2.32. The van der Waals surface area contributed by atoms with E-state index in [4.69, 9.17) is 14.2 Å². The first-order chi connectivity index (χ1) is 11.9. The van der Waals surface area contributed by atoms with E-state index in [1.54, 1.807) is 0 Å². The van der Waals surface area contributed by atoms with Gasteiger partial charge in [-0.2, -0.15) is 0 Å². The molecule has 10 nitrogen and oxygen atoms in total. The lowest BCUT2D eigenvalue weighted by Crippen LogP contribution is -2.37. The molecule has 0 heterocycles. The first kappa shape index (κ1) is 20.0. The summed E-state index contributed by atoms with van der Waals surface area (Å²) in [5, 5.41) is 16.3. The van der Waals surface area contributed by atoms with Gasteiger partial charge in [-0.15, -0.1) is 0 Å². The fraction of sp³-hybridized carbons (Fsp3) is 0.467. The van der Waals surface area contributed by atoms with Crippen LogP contribution in [0.25, 0.3) is 0 Å². The Morgan fingerprint density at radius 2 is 1.76 bits per heavy atom. The molecule has 0 saturated heterocycles. The van der Waals surface area contributed by atoms with Gasteiger partial charge in [-0.1, -0.05) is 6.92 Å². The molecule has 25 heavy (non-hydrogen) atoms. The van der Waals surface area contributed by atoms with Crippen LogP contribution in [0.15, 0.2) is 6.07 Å². The van der Waals surface area contributed by atoms with Crippen LogP contribution in [0.3, 0.4) is 0 Å². The lowest BCUT2D eigenvalue weighted by molar-refractivity contribution is -0.386. The number of rotatable bonds is 9. The maximum Gasteiger partial charge on any atom is 0.327 e. The van der Waals surface area contributed by atoms with Gasteiger partial charge in [0.2, 0.25) is 17.4 Å². The Hall–Kier alpha value is -3.04. The third-order valence-corrected chi connectivity index (χ3v) is 3.21. The summed E-state index contributed by atoms with van der Waals surface area (Å²) in [5.74, 6) is -1.37. The van der Waals surface area contributed by atoms with E-state index in [1.165, 1.54) is 27.4 Å². The van der Waals surface area contributed by atoms with Crippen LogP contribution in [0.1, 0.15) is 23.7 Å². The number of methoxy groups -OCH3 is 3. The molecule has 10 heteroatoms. The topological polar surface area (TPSA) is 129 Å². The summed E-state index contributed by atoms with van der Waals surface area (Å²) < 4.78 is 15.2. The van der Waals surface area contributed by atoms with Crippen LogP contribution < -0.4 is 24.8 Å². The van der Waals surface area contributed by atoms with Crippen molar-refractivity contribution in [2.45, 2.75) is 13.3 Å². The van der Waals surface area contributed by atoms with Gasteiger partial charge in [-0.3, -0.25) is 19.7 Å². The van der Waals surface area contributed by atoms with Gasteiger partial charge in [0.1, 0.15) is 5.56 Å². The molecule has 0 aliphatic carbocycles. The monoisotopic (exact) mass is 355 g/mol. The Morgan fingerprint density at radius 3 is 2.24 bits per heavy atom. The molecular weight excluding hydrogens is 334 g/mol. The molecule has 0 aliphatic heterocycles. The first-order valence-electron chi connectivity index (χ1n) is 7.43. The highest BCUT2D eigenvalue weighted by molar-refractivity contribution is 6.02. The molecule has 0 aliphatic rings. The van der Waals surface area contributed by atoms with E-state index in [-0.39, 0.29) is 29.4 Å². The van der Waals surface area contributed by atoms with Crippen LogP contribution in [0.5, 0.6) is 17.2 Å². The number of ether oxygens (including phenoxy) is 3. The second-order valence-electron chi connectivity index (χ2n) is 4.83. The van der Waals surface area contributed by atoms with Gasteiger partial charge in [0.25, 0.3) is 5.91 Å². The minimum absolute atomic E-state index is 0.00561. The number of carbonyl (C=O) groups is 2.